The predicted molar refractivity (Wildman–Crippen MR) is 133 cm³/mol. The largest absolute Gasteiger partial charge is 0.573 e. The number of carbonyl (C=O) groups is 1. The van der Waals surface area contributed by atoms with E-state index in [-0.39, 0.29) is 30.3 Å². The summed E-state index contributed by atoms with van der Waals surface area (Å²) in [7, 11) is 0. The lowest BCUT2D eigenvalue weighted by Gasteiger charge is -2.35. The molecule has 0 saturated heterocycles. The van der Waals surface area contributed by atoms with Gasteiger partial charge in [0.25, 0.3) is 5.91 Å². The Bertz CT molecular complexity index is 1520. The summed E-state index contributed by atoms with van der Waals surface area (Å²) in [4.78, 5) is 17.2. The van der Waals surface area contributed by atoms with E-state index in [9.17, 15) is 26.7 Å². The van der Waals surface area contributed by atoms with Crippen LogP contribution >= 0.6 is 0 Å². The molecule has 0 radical (unpaired) electrons. The van der Waals surface area contributed by atoms with Gasteiger partial charge in [0.05, 0.1) is 5.69 Å². The van der Waals surface area contributed by atoms with Crippen molar-refractivity contribution >= 4 is 11.6 Å². The first kappa shape index (κ1) is 27.2. The smallest absolute Gasteiger partial charge is 0.490 e. The van der Waals surface area contributed by atoms with Crippen LogP contribution in [-0.2, 0) is 13.0 Å². The molecule has 1 amide bonds. The third-order valence-electron chi connectivity index (χ3n) is 6.36. The number of fused-ring (bicyclic) bond motifs is 1. The summed E-state index contributed by atoms with van der Waals surface area (Å²) in [5.41, 5.74) is 1.66. The van der Waals surface area contributed by atoms with E-state index in [2.05, 4.69) is 15.0 Å². The molecule has 1 N–H and O–H groups in total. The zero-order chi connectivity index (χ0) is 28.4. The van der Waals surface area contributed by atoms with E-state index >= 15 is 0 Å². The van der Waals surface area contributed by atoms with E-state index in [1.165, 1.54) is 47.0 Å². The number of pyridine rings is 1. The van der Waals surface area contributed by atoms with Gasteiger partial charge in [-0.25, -0.2) is 13.8 Å². The highest BCUT2D eigenvalue weighted by atomic mass is 19.4. The SMILES string of the molecule is CCc1nc2cc(F)ccn2c1C(=O)NCc1ccc(OC2CC(Oc3ccc(OC(F)(F)F)cc3)C2)c(F)c1. The van der Waals surface area contributed by atoms with Crippen molar-refractivity contribution in [2.24, 2.45) is 0 Å². The van der Waals surface area contributed by atoms with Gasteiger partial charge < -0.3 is 19.5 Å². The van der Waals surface area contributed by atoms with Crippen LogP contribution in [0.4, 0.5) is 22.0 Å². The molecule has 0 aliphatic heterocycles. The van der Waals surface area contributed by atoms with Gasteiger partial charge in [-0.05, 0) is 54.4 Å². The van der Waals surface area contributed by atoms with Crippen molar-refractivity contribution in [1.29, 1.82) is 0 Å². The van der Waals surface area contributed by atoms with E-state index < -0.39 is 23.9 Å². The van der Waals surface area contributed by atoms with Gasteiger partial charge in [-0.15, -0.1) is 13.2 Å². The summed E-state index contributed by atoms with van der Waals surface area (Å²) in [6, 6.07) is 12.0. The Morgan fingerprint density at radius 1 is 1.00 bits per heavy atom. The Balaban J connectivity index is 1.12. The molecule has 0 spiro atoms. The summed E-state index contributed by atoms with van der Waals surface area (Å²) in [5, 5.41) is 2.76. The molecule has 40 heavy (non-hydrogen) atoms. The molecule has 12 heteroatoms. The molecule has 210 valence electrons. The number of hydrogen-bond acceptors (Lipinski definition) is 5. The number of aryl methyl sites for hydroxylation is 1. The van der Waals surface area contributed by atoms with Gasteiger partial charge in [-0.3, -0.25) is 9.20 Å². The first-order valence-electron chi connectivity index (χ1n) is 12.5. The summed E-state index contributed by atoms with van der Waals surface area (Å²) < 4.78 is 81.9. The number of alkyl halides is 3. The lowest BCUT2D eigenvalue weighted by atomic mass is 9.92. The number of hydrogen-bond donors (Lipinski definition) is 1. The second-order valence-electron chi connectivity index (χ2n) is 9.25. The second kappa shape index (κ2) is 11.0. The van der Waals surface area contributed by atoms with Crippen molar-refractivity contribution in [3.8, 4) is 17.2 Å². The Hall–Kier alpha value is -4.35. The van der Waals surface area contributed by atoms with Crippen molar-refractivity contribution in [3.05, 3.63) is 89.4 Å². The van der Waals surface area contributed by atoms with Crippen LogP contribution in [0.2, 0.25) is 0 Å². The van der Waals surface area contributed by atoms with E-state index in [1.807, 2.05) is 6.92 Å². The number of ether oxygens (including phenoxy) is 3. The van der Waals surface area contributed by atoms with Gasteiger partial charge >= 0.3 is 6.36 Å². The number of imidazole rings is 1. The van der Waals surface area contributed by atoms with Crippen molar-refractivity contribution < 1.29 is 41.0 Å². The molecule has 7 nitrogen and oxygen atoms in total. The molecule has 1 aliphatic carbocycles. The van der Waals surface area contributed by atoms with Crippen molar-refractivity contribution in [2.45, 2.75) is 51.3 Å². The molecule has 2 aromatic heterocycles. The average Bonchev–Trinajstić information content (AvgIpc) is 3.25. The van der Waals surface area contributed by atoms with E-state index in [4.69, 9.17) is 9.47 Å². The number of benzene rings is 2. The maximum Gasteiger partial charge on any atom is 0.573 e. The molecule has 0 atom stereocenters. The van der Waals surface area contributed by atoms with Crippen LogP contribution < -0.4 is 19.5 Å². The van der Waals surface area contributed by atoms with E-state index in [0.29, 0.717) is 47.6 Å². The molecular weight excluding hydrogens is 537 g/mol. The predicted octanol–water partition coefficient (Wildman–Crippen LogP) is 5.99. The van der Waals surface area contributed by atoms with Crippen LogP contribution in [0.1, 0.15) is 41.5 Å². The molecule has 0 bridgehead atoms. The third-order valence-corrected chi connectivity index (χ3v) is 6.36. The minimum absolute atomic E-state index is 0.0553. The number of nitrogens with one attached hydrogen (secondary N) is 1. The minimum atomic E-state index is -4.76. The quantitative estimate of drug-likeness (QED) is 0.254. The first-order valence-corrected chi connectivity index (χ1v) is 12.5. The fourth-order valence-corrected chi connectivity index (χ4v) is 4.37. The van der Waals surface area contributed by atoms with Crippen molar-refractivity contribution in [3.63, 3.8) is 0 Å². The summed E-state index contributed by atoms with van der Waals surface area (Å²) in [5.74, 6) is -1.36. The Morgan fingerprint density at radius 2 is 1.70 bits per heavy atom. The van der Waals surface area contributed by atoms with Gasteiger partial charge in [0.2, 0.25) is 0 Å². The molecule has 5 rings (SSSR count). The fraction of sp³-hybridized carbons (Fsp3) is 0.286. The third kappa shape index (κ3) is 6.27. The van der Waals surface area contributed by atoms with Crippen LogP contribution in [0.25, 0.3) is 5.65 Å². The molecule has 1 aliphatic rings. The highest BCUT2D eigenvalue weighted by Crippen LogP contribution is 2.32. The Morgan fingerprint density at radius 3 is 2.38 bits per heavy atom. The van der Waals surface area contributed by atoms with Crippen LogP contribution in [-0.4, -0.2) is 33.9 Å². The minimum Gasteiger partial charge on any atom is -0.490 e. The summed E-state index contributed by atoms with van der Waals surface area (Å²) >= 11 is 0. The number of halogens is 5. The zero-order valence-electron chi connectivity index (χ0n) is 21.2. The molecule has 2 aromatic carbocycles. The Kier molecular flexibility index (Phi) is 7.51. The van der Waals surface area contributed by atoms with Crippen LogP contribution in [0.3, 0.4) is 0 Å². The highest BCUT2D eigenvalue weighted by Gasteiger charge is 2.34. The molecule has 2 heterocycles. The van der Waals surface area contributed by atoms with Gasteiger partial charge in [0, 0.05) is 31.6 Å². The first-order chi connectivity index (χ1) is 19.1. The fourth-order valence-electron chi connectivity index (χ4n) is 4.37. The zero-order valence-corrected chi connectivity index (χ0v) is 21.2. The van der Waals surface area contributed by atoms with Gasteiger partial charge in [-0.2, -0.15) is 0 Å². The maximum atomic E-state index is 14.7. The monoisotopic (exact) mass is 561 g/mol. The topological polar surface area (TPSA) is 74.1 Å². The number of amides is 1. The van der Waals surface area contributed by atoms with Crippen molar-refractivity contribution in [1.82, 2.24) is 14.7 Å². The van der Waals surface area contributed by atoms with Crippen LogP contribution in [0.15, 0.2) is 60.8 Å². The highest BCUT2D eigenvalue weighted by molar-refractivity contribution is 5.94. The summed E-state index contributed by atoms with van der Waals surface area (Å²) in [6.07, 6.45) is -2.41. The lowest BCUT2D eigenvalue weighted by molar-refractivity contribution is -0.274. The van der Waals surface area contributed by atoms with E-state index in [0.717, 1.165) is 12.1 Å². The van der Waals surface area contributed by atoms with Gasteiger partial charge in [0.1, 0.15) is 40.9 Å². The molecular formula is C28H24F5N3O4. The number of carbonyl (C=O) groups excluding carboxylic acids is 1. The number of nitrogens with zero attached hydrogens (tertiary/aromatic N) is 2. The van der Waals surface area contributed by atoms with Gasteiger partial charge in [-0.1, -0.05) is 13.0 Å². The Labute approximate surface area is 225 Å². The van der Waals surface area contributed by atoms with Crippen LogP contribution in [0, 0.1) is 11.6 Å². The average molecular weight is 562 g/mol. The van der Waals surface area contributed by atoms with Gasteiger partial charge in [0.15, 0.2) is 11.6 Å². The normalized spacial score (nSPS) is 16.9. The standard InChI is InChI=1S/C28H24F5N3O4/c1-2-23-26(36-10-9-17(29)12-25(36)35-23)27(37)34-15-16-3-8-24(22(30)11-16)39-21-13-20(14-21)38-18-4-6-19(7-5-18)40-28(31,32)33/h3-12,20-21H,2,13-15H2,1H3,(H,34,37). The molecule has 4 aromatic rings. The molecule has 1 fully saturated rings. The number of rotatable bonds is 9. The number of aromatic nitrogens is 2. The molecule has 0 unspecified atom stereocenters. The lowest BCUT2D eigenvalue weighted by Crippen LogP contribution is -2.41. The second-order valence-corrected chi connectivity index (χ2v) is 9.25. The maximum absolute atomic E-state index is 14.7. The van der Waals surface area contributed by atoms with E-state index in [1.54, 1.807) is 6.07 Å². The summed E-state index contributed by atoms with van der Waals surface area (Å²) in [6.45, 7) is 1.90. The van der Waals surface area contributed by atoms with Crippen molar-refractivity contribution in [2.75, 3.05) is 0 Å². The van der Waals surface area contributed by atoms with Crippen LogP contribution in [0.5, 0.6) is 17.2 Å². The molecule has 1 saturated carbocycles.